The minimum Gasteiger partial charge on any atom is -0.378 e. The van der Waals surface area contributed by atoms with Gasteiger partial charge in [0.1, 0.15) is 0 Å². The van der Waals surface area contributed by atoms with Crippen molar-refractivity contribution in [2.24, 2.45) is 5.73 Å². The molecule has 1 aliphatic rings. The van der Waals surface area contributed by atoms with Crippen LogP contribution in [0.5, 0.6) is 0 Å². The fourth-order valence-corrected chi connectivity index (χ4v) is 2.50. The van der Waals surface area contributed by atoms with Crippen LogP contribution < -0.4 is 5.73 Å². The number of ether oxygens (including phenoxy) is 1. The number of nitrogens with zero attached hydrogens (tertiary/aromatic N) is 1. The average molecular weight is 248 g/mol. The van der Waals surface area contributed by atoms with E-state index in [1.165, 1.54) is 25.7 Å². The Labute approximate surface area is 110 Å². The van der Waals surface area contributed by atoms with Gasteiger partial charge in [-0.2, -0.15) is 0 Å². The molecular weight excluding hydrogens is 224 g/mol. The van der Waals surface area contributed by atoms with Crippen molar-refractivity contribution in [2.75, 3.05) is 6.61 Å². The van der Waals surface area contributed by atoms with Gasteiger partial charge >= 0.3 is 0 Å². The Balaban J connectivity index is 1.56. The first kappa shape index (κ1) is 13.5. The molecular formula is C15H24N2O. The van der Waals surface area contributed by atoms with Gasteiger partial charge < -0.3 is 10.5 Å². The van der Waals surface area contributed by atoms with Crippen LogP contribution in [0.3, 0.4) is 0 Å². The standard InChI is InChI=1S/C15H24N2O/c16-13(5-3-7-15-8-4-12-18-15)9-10-14-6-1-2-11-17-14/h1-2,6,11,13,15H,3-5,7-10,12,16H2. The number of rotatable bonds is 7. The van der Waals surface area contributed by atoms with E-state index in [9.17, 15) is 0 Å². The normalized spacial score (nSPS) is 21.1. The van der Waals surface area contributed by atoms with Crippen molar-refractivity contribution >= 4 is 0 Å². The summed E-state index contributed by atoms with van der Waals surface area (Å²) in [5, 5.41) is 0. The van der Waals surface area contributed by atoms with Gasteiger partial charge in [0.05, 0.1) is 6.10 Å². The van der Waals surface area contributed by atoms with Gasteiger partial charge in [0, 0.05) is 24.5 Å². The number of hydrogen-bond acceptors (Lipinski definition) is 3. The number of nitrogens with two attached hydrogens (primary N) is 1. The van der Waals surface area contributed by atoms with Gasteiger partial charge in [0.2, 0.25) is 0 Å². The summed E-state index contributed by atoms with van der Waals surface area (Å²) in [7, 11) is 0. The Morgan fingerprint density at radius 3 is 3.06 bits per heavy atom. The lowest BCUT2D eigenvalue weighted by Crippen LogP contribution is -2.21. The second kappa shape index (κ2) is 7.49. The third kappa shape index (κ3) is 4.75. The first-order valence-electron chi connectivity index (χ1n) is 7.11. The van der Waals surface area contributed by atoms with E-state index in [0.717, 1.165) is 31.6 Å². The minimum absolute atomic E-state index is 0.299. The third-order valence-electron chi connectivity index (χ3n) is 3.62. The highest BCUT2D eigenvalue weighted by atomic mass is 16.5. The van der Waals surface area contributed by atoms with Crippen molar-refractivity contribution in [3.05, 3.63) is 30.1 Å². The molecule has 100 valence electrons. The number of pyridine rings is 1. The van der Waals surface area contributed by atoms with Gasteiger partial charge in [-0.05, 0) is 57.1 Å². The van der Waals surface area contributed by atoms with E-state index >= 15 is 0 Å². The van der Waals surface area contributed by atoms with Crippen LogP contribution in [0.4, 0.5) is 0 Å². The Bertz CT molecular complexity index is 323. The van der Waals surface area contributed by atoms with Crippen molar-refractivity contribution in [2.45, 2.75) is 57.1 Å². The molecule has 2 N–H and O–H groups in total. The van der Waals surface area contributed by atoms with E-state index in [-0.39, 0.29) is 0 Å². The van der Waals surface area contributed by atoms with Gasteiger partial charge in [0.15, 0.2) is 0 Å². The van der Waals surface area contributed by atoms with Gasteiger partial charge in [-0.15, -0.1) is 0 Å². The maximum absolute atomic E-state index is 6.14. The first-order valence-corrected chi connectivity index (χ1v) is 7.11. The van der Waals surface area contributed by atoms with E-state index in [1.54, 1.807) is 0 Å². The highest BCUT2D eigenvalue weighted by Crippen LogP contribution is 2.18. The van der Waals surface area contributed by atoms with E-state index in [0.29, 0.717) is 12.1 Å². The lowest BCUT2D eigenvalue weighted by atomic mass is 10.0. The zero-order valence-corrected chi connectivity index (χ0v) is 11.1. The summed E-state index contributed by atoms with van der Waals surface area (Å²) in [5.41, 5.74) is 7.28. The fraction of sp³-hybridized carbons (Fsp3) is 0.667. The monoisotopic (exact) mass is 248 g/mol. The predicted octanol–water partition coefficient (Wildman–Crippen LogP) is 2.69. The molecule has 18 heavy (non-hydrogen) atoms. The molecule has 1 aromatic rings. The minimum atomic E-state index is 0.299. The van der Waals surface area contributed by atoms with Gasteiger partial charge in [0.25, 0.3) is 0 Å². The molecule has 0 aromatic carbocycles. The van der Waals surface area contributed by atoms with Crippen molar-refractivity contribution in [1.82, 2.24) is 4.98 Å². The van der Waals surface area contributed by atoms with E-state index < -0.39 is 0 Å². The molecule has 1 fully saturated rings. The van der Waals surface area contributed by atoms with Crippen LogP contribution in [0.25, 0.3) is 0 Å². The molecule has 2 rings (SSSR count). The lowest BCUT2D eigenvalue weighted by molar-refractivity contribution is 0.101. The topological polar surface area (TPSA) is 48.1 Å². The molecule has 1 aliphatic heterocycles. The molecule has 1 aromatic heterocycles. The molecule has 0 saturated carbocycles. The summed E-state index contributed by atoms with van der Waals surface area (Å²) in [6, 6.07) is 6.35. The Hall–Kier alpha value is -0.930. The van der Waals surface area contributed by atoms with Gasteiger partial charge in [-0.25, -0.2) is 0 Å². The molecule has 0 amide bonds. The Morgan fingerprint density at radius 1 is 1.39 bits per heavy atom. The Kier molecular flexibility index (Phi) is 5.62. The molecule has 0 bridgehead atoms. The van der Waals surface area contributed by atoms with Crippen LogP contribution in [0, 0.1) is 0 Å². The average Bonchev–Trinajstić information content (AvgIpc) is 2.91. The molecule has 0 aliphatic carbocycles. The summed E-state index contributed by atoms with van der Waals surface area (Å²) in [6.45, 7) is 0.955. The highest BCUT2D eigenvalue weighted by Gasteiger charge is 2.15. The quantitative estimate of drug-likeness (QED) is 0.807. The molecule has 1 saturated heterocycles. The zero-order chi connectivity index (χ0) is 12.6. The van der Waals surface area contributed by atoms with Crippen molar-refractivity contribution in [3.8, 4) is 0 Å². The summed E-state index contributed by atoms with van der Waals surface area (Å²) >= 11 is 0. The van der Waals surface area contributed by atoms with Gasteiger partial charge in [-0.3, -0.25) is 4.98 Å². The van der Waals surface area contributed by atoms with Crippen LogP contribution >= 0.6 is 0 Å². The maximum Gasteiger partial charge on any atom is 0.0576 e. The second-order valence-electron chi connectivity index (χ2n) is 5.19. The first-order chi connectivity index (χ1) is 8.84. The van der Waals surface area contributed by atoms with Crippen LogP contribution in [-0.4, -0.2) is 23.7 Å². The van der Waals surface area contributed by atoms with E-state index in [4.69, 9.17) is 10.5 Å². The highest BCUT2D eigenvalue weighted by molar-refractivity contribution is 5.03. The molecule has 2 atom stereocenters. The van der Waals surface area contributed by atoms with Crippen molar-refractivity contribution < 1.29 is 4.74 Å². The molecule has 0 radical (unpaired) electrons. The number of aromatic nitrogens is 1. The summed E-state index contributed by atoms with van der Waals surface area (Å²) in [5.74, 6) is 0. The van der Waals surface area contributed by atoms with Crippen molar-refractivity contribution in [3.63, 3.8) is 0 Å². The van der Waals surface area contributed by atoms with Gasteiger partial charge in [-0.1, -0.05) is 6.07 Å². The van der Waals surface area contributed by atoms with Crippen molar-refractivity contribution in [1.29, 1.82) is 0 Å². The molecule has 3 heteroatoms. The Morgan fingerprint density at radius 2 is 2.33 bits per heavy atom. The third-order valence-corrected chi connectivity index (χ3v) is 3.62. The molecule has 3 nitrogen and oxygen atoms in total. The molecule has 2 heterocycles. The number of hydrogen-bond donors (Lipinski definition) is 1. The smallest absolute Gasteiger partial charge is 0.0576 e. The zero-order valence-electron chi connectivity index (χ0n) is 11.1. The van der Waals surface area contributed by atoms with Crippen LogP contribution in [0.1, 0.15) is 44.2 Å². The lowest BCUT2D eigenvalue weighted by Gasteiger charge is -2.13. The fourth-order valence-electron chi connectivity index (χ4n) is 2.50. The maximum atomic E-state index is 6.14. The SMILES string of the molecule is NC(CCCC1CCCO1)CCc1ccccn1. The van der Waals surface area contributed by atoms with Crippen LogP contribution in [0.15, 0.2) is 24.4 Å². The number of aryl methyl sites for hydroxylation is 1. The summed E-state index contributed by atoms with van der Waals surface area (Å²) in [4.78, 5) is 4.32. The second-order valence-corrected chi connectivity index (χ2v) is 5.19. The van der Waals surface area contributed by atoms with Crippen LogP contribution in [-0.2, 0) is 11.2 Å². The summed E-state index contributed by atoms with van der Waals surface area (Å²) < 4.78 is 5.61. The molecule has 2 unspecified atom stereocenters. The van der Waals surface area contributed by atoms with E-state index in [2.05, 4.69) is 11.1 Å². The van der Waals surface area contributed by atoms with Crippen LogP contribution in [0.2, 0.25) is 0 Å². The largest absolute Gasteiger partial charge is 0.378 e. The summed E-state index contributed by atoms with van der Waals surface area (Å²) in [6.07, 6.45) is 10.3. The van der Waals surface area contributed by atoms with E-state index in [1.807, 2.05) is 18.3 Å². The molecule has 0 spiro atoms. The predicted molar refractivity (Wildman–Crippen MR) is 73.4 cm³/mol.